The molecule has 172 valence electrons. The van der Waals surface area contributed by atoms with Crippen molar-refractivity contribution in [3.05, 3.63) is 0 Å². The molecule has 0 aromatic carbocycles. The third kappa shape index (κ3) is 4.27. The van der Waals surface area contributed by atoms with Crippen LogP contribution in [0.15, 0.2) is 0 Å². The van der Waals surface area contributed by atoms with Gasteiger partial charge in [0.05, 0.1) is 23.3 Å². The molecule has 3 saturated carbocycles. The highest BCUT2D eigenvalue weighted by atomic mass is 16.3. The Bertz CT molecular complexity index is 579. The van der Waals surface area contributed by atoms with E-state index in [1.807, 2.05) is 27.7 Å². The summed E-state index contributed by atoms with van der Waals surface area (Å²) in [4.78, 5) is 26.8. The molecule has 0 saturated heterocycles. The molecule has 6 heteroatoms. The minimum Gasteiger partial charge on any atom is -0.388 e. The van der Waals surface area contributed by atoms with E-state index in [2.05, 4.69) is 10.6 Å². The van der Waals surface area contributed by atoms with E-state index in [-0.39, 0.29) is 35.7 Å². The standard InChI is InChI=1S/C24H42N2O4/c1-16(2)18(23(29)12-5-6-13-23)25-20(27)22(10-9-11-22)21(28)26-19(17(3)4)24(30)14-7-8-15-24/h16-19,29-30H,5-15H2,1-4H3,(H,25,27)(H,26,28)/t18-,19-/m1/s1. The summed E-state index contributed by atoms with van der Waals surface area (Å²) >= 11 is 0. The maximum Gasteiger partial charge on any atom is 0.236 e. The lowest BCUT2D eigenvalue weighted by molar-refractivity contribution is -0.154. The molecule has 0 spiro atoms. The molecule has 2 atom stereocenters. The number of aliphatic hydroxyl groups is 2. The Hall–Kier alpha value is -1.14. The SMILES string of the molecule is CC(C)[C@@H](NC(=O)C1(C(=O)N[C@H](C(C)C)C2(O)CCCC2)CCC1)C1(O)CCCC1. The molecule has 0 heterocycles. The summed E-state index contributed by atoms with van der Waals surface area (Å²) in [5.41, 5.74) is -2.85. The number of carbonyl (C=O) groups is 2. The van der Waals surface area contributed by atoms with Crippen molar-refractivity contribution in [2.24, 2.45) is 17.3 Å². The molecular weight excluding hydrogens is 380 g/mol. The fraction of sp³-hybridized carbons (Fsp3) is 0.917. The van der Waals surface area contributed by atoms with Crippen LogP contribution in [-0.2, 0) is 9.59 Å². The number of rotatable bonds is 8. The predicted octanol–water partition coefficient (Wildman–Crippen LogP) is 3.05. The van der Waals surface area contributed by atoms with Crippen molar-refractivity contribution >= 4 is 11.8 Å². The highest BCUT2D eigenvalue weighted by molar-refractivity contribution is 6.06. The molecule has 3 fully saturated rings. The van der Waals surface area contributed by atoms with Crippen LogP contribution in [0, 0.1) is 17.3 Å². The second-order valence-corrected chi connectivity index (χ2v) is 10.9. The van der Waals surface area contributed by atoms with Gasteiger partial charge in [-0.3, -0.25) is 9.59 Å². The Morgan fingerprint density at radius 3 is 1.20 bits per heavy atom. The van der Waals surface area contributed by atoms with E-state index in [0.29, 0.717) is 38.5 Å². The van der Waals surface area contributed by atoms with Gasteiger partial charge in [0.15, 0.2) is 0 Å². The number of amides is 2. The lowest BCUT2D eigenvalue weighted by Crippen LogP contribution is -2.64. The van der Waals surface area contributed by atoms with Crippen LogP contribution in [0.2, 0.25) is 0 Å². The molecule has 2 amide bonds. The van der Waals surface area contributed by atoms with Gasteiger partial charge in [-0.05, 0) is 50.4 Å². The summed E-state index contributed by atoms with van der Waals surface area (Å²) in [6, 6.07) is -0.699. The molecule has 3 aliphatic rings. The van der Waals surface area contributed by atoms with E-state index in [4.69, 9.17) is 0 Å². The molecule has 3 aliphatic carbocycles. The fourth-order valence-corrected chi connectivity index (χ4v) is 6.09. The van der Waals surface area contributed by atoms with Gasteiger partial charge in [0.2, 0.25) is 11.8 Å². The van der Waals surface area contributed by atoms with E-state index in [0.717, 1.165) is 32.1 Å². The van der Waals surface area contributed by atoms with E-state index >= 15 is 0 Å². The minimum absolute atomic E-state index is 0.0832. The molecule has 0 aromatic rings. The third-order valence-corrected chi connectivity index (χ3v) is 8.08. The number of carbonyl (C=O) groups excluding carboxylic acids is 2. The van der Waals surface area contributed by atoms with Crippen molar-refractivity contribution in [2.45, 2.75) is 122 Å². The van der Waals surface area contributed by atoms with Crippen LogP contribution in [0.1, 0.15) is 98.3 Å². The van der Waals surface area contributed by atoms with E-state index in [1.165, 1.54) is 0 Å². The smallest absolute Gasteiger partial charge is 0.236 e. The Morgan fingerprint density at radius 2 is 0.967 bits per heavy atom. The lowest BCUT2D eigenvalue weighted by Gasteiger charge is -2.45. The molecule has 3 rings (SSSR count). The van der Waals surface area contributed by atoms with Gasteiger partial charge >= 0.3 is 0 Å². The molecule has 0 bridgehead atoms. The molecule has 6 nitrogen and oxygen atoms in total. The first-order valence-electron chi connectivity index (χ1n) is 12.1. The average Bonchev–Trinajstić information content (AvgIpc) is 3.26. The van der Waals surface area contributed by atoms with Gasteiger partial charge in [0, 0.05) is 0 Å². The van der Waals surface area contributed by atoms with Crippen LogP contribution in [-0.4, -0.2) is 45.3 Å². The van der Waals surface area contributed by atoms with E-state index < -0.39 is 16.6 Å². The van der Waals surface area contributed by atoms with Gasteiger partial charge in [0.1, 0.15) is 5.41 Å². The van der Waals surface area contributed by atoms with Crippen molar-refractivity contribution < 1.29 is 19.8 Å². The quantitative estimate of drug-likeness (QED) is 0.452. The second-order valence-electron chi connectivity index (χ2n) is 10.9. The van der Waals surface area contributed by atoms with Crippen molar-refractivity contribution in [2.75, 3.05) is 0 Å². The average molecular weight is 423 g/mol. The Kier molecular flexibility index (Phi) is 6.88. The number of nitrogens with one attached hydrogen (secondary N) is 2. The molecule has 30 heavy (non-hydrogen) atoms. The largest absolute Gasteiger partial charge is 0.388 e. The van der Waals surface area contributed by atoms with Gasteiger partial charge in [-0.2, -0.15) is 0 Å². The molecule has 4 N–H and O–H groups in total. The van der Waals surface area contributed by atoms with Crippen LogP contribution in [0.25, 0.3) is 0 Å². The zero-order valence-electron chi connectivity index (χ0n) is 19.3. The normalized spacial score (nSPS) is 26.3. The fourth-order valence-electron chi connectivity index (χ4n) is 6.09. The van der Waals surface area contributed by atoms with Gasteiger partial charge in [0.25, 0.3) is 0 Å². The van der Waals surface area contributed by atoms with Crippen molar-refractivity contribution in [1.82, 2.24) is 10.6 Å². The van der Waals surface area contributed by atoms with Gasteiger partial charge in [-0.15, -0.1) is 0 Å². The van der Waals surface area contributed by atoms with Crippen molar-refractivity contribution in [3.63, 3.8) is 0 Å². The van der Waals surface area contributed by atoms with Gasteiger partial charge < -0.3 is 20.8 Å². The topological polar surface area (TPSA) is 98.7 Å². The lowest BCUT2D eigenvalue weighted by atomic mass is 9.66. The first-order valence-corrected chi connectivity index (χ1v) is 12.1. The highest BCUT2D eigenvalue weighted by Crippen LogP contribution is 2.44. The minimum atomic E-state index is -1.08. The Balaban J connectivity index is 1.75. The van der Waals surface area contributed by atoms with Crippen LogP contribution < -0.4 is 10.6 Å². The second kappa shape index (κ2) is 8.78. The summed E-state index contributed by atoms with van der Waals surface area (Å²) in [5.74, 6) is -0.350. The highest BCUT2D eigenvalue weighted by Gasteiger charge is 2.54. The van der Waals surface area contributed by atoms with Crippen molar-refractivity contribution in [3.8, 4) is 0 Å². The number of hydrogen-bond donors (Lipinski definition) is 4. The predicted molar refractivity (Wildman–Crippen MR) is 117 cm³/mol. The monoisotopic (exact) mass is 422 g/mol. The zero-order valence-corrected chi connectivity index (χ0v) is 19.3. The summed E-state index contributed by atoms with van der Waals surface area (Å²) < 4.78 is 0. The first-order chi connectivity index (χ1) is 14.0. The molecule has 0 aliphatic heterocycles. The van der Waals surface area contributed by atoms with E-state index in [9.17, 15) is 19.8 Å². The van der Waals surface area contributed by atoms with Crippen molar-refractivity contribution in [1.29, 1.82) is 0 Å². The summed E-state index contributed by atoms with van der Waals surface area (Å²) in [5, 5.41) is 28.4. The zero-order chi connectivity index (χ0) is 22.2. The van der Waals surface area contributed by atoms with Gasteiger partial charge in [-0.25, -0.2) is 0 Å². The van der Waals surface area contributed by atoms with Crippen LogP contribution in [0.3, 0.4) is 0 Å². The Labute approximate surface area is 181 Å². The summed E-state index contributed by atoms with van der Waals surface area (Å²) in [6.45, 7) is 8.05. The first kappa shape index (κ1) is 23.5. The molecule has 0 radical (unpaired) electrons. The number of hydrogen-bond acceptors (Lipinski definition) is 4. The van der Waals surface area contributed by atoms with Crippen LogP contribution >= 0.6 is 0 Å². The molecular formula is C24H42N2O4. The maximum absolute atomic E-state index is 13.4. The maximum atomic E-state index is 13.4. The summed E-state index contributed by atoms with van der Waals surface area (Å²) in [6.07, 6.45) is 8.53. The van der Waals surface area contributed by atoms with Gasteiger partial charge in [-0.1, -0.05) is 59.8 Å². The Morgan fingerprint density at radius 1 is 0.633 bits per heavy atom. The summed E-state index contributed by atoms with van der Waals surface area (Å²) in [7, 11) is 0. The van der Waals surface area contributed by atoms with Crippen LogP contribution in [0.5, 0.6) is 0 Å². The molecule has 0 aromatic heterocycles. The molecule has 0 unspecified atom stereocenters. The van der Waals surface area contributed by atoms with E-state index in [1.54, 1.807) is 0 Å². The van der Waals surface area contributed by atoms with Crippen LogP contribution in [0.4, 0.5) is 0 Å². The third-order valence-electron chi connectivity index (χ3n) is 8.08.